The number of amides is 1. The normalized spacial score (nSPS) is 22.7. The minimum Gasteiger partial charge on any atom is -0.348 e. The number of hydrogen-bond acceptors (Lipinski definition) is 5. The fourth-order valence-electron chi connectivity index (χ4n) is 2.58. The molecule has 3 N–H and O–H groups in total. The first-order chi connectivity index (χ1) is 10.2. The topological polar surface area (TPSA) is 62.4 Å². The molecule has 1 atom stereocenters. The molecule has 3 heterocycles. The summed E-state index contributed by atoms with van der Waals surface area (Å²) in [4.78, 5) is 18.1. The molecule has 1 aromatic heterocycles. The minimum absolute atomic E-state index is 0.112. The van der Waals surface area contributed by atoms with Gasteiger partial charge in [-0.1, -0.05) is 11.6 Å². The monoisotopic (exact) mass is 327 g/mol. The second kappa shape index (κ2) is 6.79. The van der Waals surface area contributed by atoms with Crippen LogP contribution in [0.1, 0.15) is 22.5 Å². The number of piperidine rings is 1. The van der Waals surface area contributed by atoms with Crippen LogP contribution in [0.25, 0.3) is 0 Å². The summed E-state index contributed by atoms with van der Waals surface area (Å²) < 4.78 is 0.618. The van der Waals surface area contributed by atoms with Crippen molar-refractivity contribution in [2.45, 2.75) is 18.9 Å². The molecule has 1 aromatic rings. The maximum atomic E-state index is 11.9. The van der Waals surface area contributed by atoms with Gasteiger partial charge in [-0.3, -0.25) is 15.1 Å². The Hall–Kier alpha value is -1.08. The Balaban J connectivity index is 1.50. The average Bonchev–Trinajstić information content (AvgIpc) is 3.15. The lowest BCUT2D eigenvalue weighted by Gasteiger charge is -2.23. The molecular formula is C14H18ClN3O2S. The Bertz CT molecular complexity index is 540. The molecule has 114 valence electrons. The summed E-state index contributed by atoms with van der Waals surface area (Å²) >= 11 is 7.10. The van der Waals surface area contributed by atoms with Gasteiger partial charge in [-0.2, -0.15) is 0 Å². The first-order valence-corrected chi connectivity index (χ1v) is 8.29. The van der Waals surface area contributed by atoms with Crippen LogP contribution in [-0.2, 0) is 4.84 Å². The predicted molar refractivity (Wildman–Crippen MR) is 83.3 cm³/mol. The highest BCUT2D eigenvalue weighted by molar-refractivity contribution is 7.17. The molecule has 1 fully saturated rings. The number of hydrogen-bond donors (Lipinski definition) is 3. The van der Waals surface area contributed by atoms with Crippen LogP contribution in [0.2, 0.25) is 4.34 Å². The third-order valence-electron chi connectivity index (χ3n) is 3.73. The van der Waals surface area contributed by atoms with Gasteiger partial charge in [0, 0.05) is 11.6 Å². The molecule has 21 heavy (non-hydrogen) atoms. The van der Waals surface area contributed by atoms with Crippen molar-refractivity contribution < 1.29 is 9.63 Å². The maximum absolute atomic E-state index is 11.9. The third-order valence-corrected chi connectivity index (χ3v) is 4.96. The van der Waals surface area contributed by atoms with Crippen molar-refractivity contribution in [1.82, 2.24) is 16.1 Å². The molecule has 0 saturated carbocycles. The van der Waals surface area contributed by atoms with Crippen molar-refractivity contribution in [3.8, 4) is 0 Å². The van der Waals surface area contributed by atoms with Crippen molar-refractivity contribution in [1.29, 1.82) is 0 Å². The van der Waals surface area contributed by atoms with E-state index < -0.39 is 0 Å². The number of carbonyl (C=O) groups is 1. The zero-order valence-electron chi connectivity index (χ0n) is 11.5. The Morgan fingerprint density at radius 3 is 2.95 bits per heavy atom. The summed E-state index contributed by atoms with van der Waals surface area (Å²) in [7, 11) is 0. The van der Waals surface area contributed by atoms with Gasteiger partial charge in [0.1, 0.15) is 6.10 Å². The molecule has 2 aliphatic rings. The van der Waals surface area contributed by atoms with E-state index in [2.05, 4.69) is 22.2 Å². The van der Waals surface area contributed by atoms with Crippen molar-refractivity contribution in [3.63, 3.8) is 0 Å². The number of nitrogens with one attached hydrogen (secondary N) is 3. The molecule has 1 amide bonds. The lowest BCUT2D eigenvalue weighted by molar-refractivity contribution is 0.0370. The second-order valence-corrected chi connectivity index (χ2v) is 6.93. The number of carbonyl (C=O) groups excluding carboxylic acids is 1. The van der Waals surface area contributed by atoms with Gasteiger partial charge < -0.3 is 10.6 Å². The standard InChI is InChI=1S/C14H18ClN3O2S/c15-13-2-1-12(21-13)14(19)17-8-10-7-11(18-20-10)9-3-5-16-6-4-9/h1-2,7,9-10,16,18H,3-6,8H2,(H,17,19). The van der Waals surface area contributed by atoms with Crippen molar-refractivity contribution >= 4 is 28.8 Å². The third kappa shape index (κ3) is 3.77. The number of halogens is 1. The first kappa shape index (κ1) is 14.8. The number of rotatable bonds is 4. The van der Waals surface area contributed by atoms with E-state index in [1.54, 1.807) is 12.1 Å². The molecule has 3 rings (SSSR count). The maximum Gasteiger partial charge on any atom is 0.261 e. The van der Waals surface area contributed by atoms with Crippen LogP contribution in [0.4, 0.5) is 0 Å². The summed E-state index contributed by atoms with van der Waals surface area (Å²) in [5.41, 5.74) is 4.16. The Kier molecular flexibility index (Phi) is 4.80. The van der Waals surface area contributed by atoms with Gasteiger partial charge in [0.05, 0.1) is 15.8 Å². The van der Waals surface area contributed by atoms with Crippen LogP contribution in [0.5, 0.6) is 0 Å². The van der Waals surface area contributed by atoms with Crippen molar-refractivity contribution in [2.75, 3.05) is 19.6 Å². The van der Waals surface area contributed by atoms with Gasteiger partial charge in [0.25, 0.3) is 5.91 Å². The van der Waals surface area contributed by atoms with Crippen LogP contribution in [0.15, 0.2) is 23.9 Å². The fourth-order valence-corrected chi connectivity index (χ4v) is 3.54. The SMILES string of the molecule is O=C(NCC1C=C(C2CCNCC2)NO1)c1ccc(Cl)s1. The zero-order valence-corrected chi connectivity index (χ0v) is 13.1. The predicted octanol–water partition coefficient (Wildman–Crippen LogP) is 1.92. The minimum atomic E-state index is -0.116. The van der Waals surface area contributed by atoms with Crippen LogP contribution in [-0.4, -0.2) is 31.6 Å². The lowest BCUT2D eigenvalue weighted by Crippen LogP contribution is -2.32. The molecule has 0 spiro atoms. The molecule has 0 bridgehead atoms. The quantitative estimate of drug-likeness (QED) is 0.790. The lowest BCUT2D eigenvalue weighted by atomic mass is 9.94. The van der Waals surface area contributed by atoms with Gasteiger partial charge in [0.15, 0.2) is 0 Å². The smallest absolute Gasteiger partial charge is 0.261 e. The Morgan fingerprint density at radius 2 is 2.24 bits per heavy atom. The molecule has 2 aliphatic heterocycles. The molecule has 7 heteroatoms. The van der Waals surface area contributed by atoms with Crippen LogP contribution >= 0.6 is 22.9 Å². The van der Waals surface area contributed by atoms with E-state index in [-0.39, 0.29) is 12.0 Å². The van der Waals surface area contributed by atoms with Gasteiger partial charge in [-0.15, -0.1) is 11.3 Å². The Morgan fingerprint density at radius 1 is 1.43 bits per heavy atom. The zero-order chi connectivity index (χ0) is 14.7. The summed E-state index contributed by atoms with van der Waals surface area (Å²) in [6.07, 6.45) is 4.20. The largest absolute Gasteiger partial charge is 0.348 e. The highest BCUT2D eigenvalue weighted by Crippen LogP contribution is 2.24. The molecule has 0 radical (unpaired) electrons. The van der Waals surface area contributed by atoms with E-state index in [4.69, 9.17) is 16.4 Å². The van der Waals surface area contributed by atoms with Crippen LogP contribution < -0.4 is 16.1 Å². The van der Waals surface area contributed by atoms with Crippen LogP contribution in [0.3, 0.4) is 0 Å². The van der Waals surface area contributed by atoms with E-state index >= 15 is 0 Å². The van der Waals surface area contributed by atoms with E-state index in [0.29, 0.717) is 21.7 Å². The van der Waals surface area contributed by atoms with Crippen molar-refractivity contribution in [3.05, 3.63) is 33.1 Å². The van der Waals surface area contributed by atoms with Gasteiger partial charge in [-0.05, 0) is 44.1 Å². The summed E-state index contributed by atoms with van der Waals surface area (Å²) in [5.74, 6) is 0.419. The summed E-state index contributed by atoms with van der Waals surface area (Å²) in [6, 6.07) is 3.45. The van der Waals surface area contributed by atoms with E-state index in [9.17, 15) is 4.79 Å². The number of hydroxylamine groups is 1. The highest BCUT2D eigenvalue weighted by Gasteiger charge is 2.24. The van der Waals surface area contributed by atoms with E-state index in [1.807, 2.05) is 0 Å². The highest BCUT2D eigenvalue weighted by atomic mass is 35.5. The van der Waals surface area contributed by atoms with Gasteiger partial charge in [-0.25, -0.2) is 0 Å². The first-order valence-electron chi connectivity index (χ1n) is 7.10. The molecular weight excluding hydrogens is 310 g/mol. The van der Waals surface area contributed by atoms with E-state index in [0.717, 1.165) is 31.6 Å². The molecule has 1 saturated heterocycles. The molecule has 5 nitrogen and oxygen atoms in total. The summed E-state index contributed by atoms with van der Waals surface area (Å²) in [5, 5.41) is 6.22. The van der Waals surface area contributed by atoms with Gasteiger partial charge >= 0.3 is 0 Å². The Labute approximate surface area is 132 Å². The molecule has 0 aliphatic carbocycles. The molecule has 0 aromatic carbocycles. The fraction of sp³-hybridized carbons (Fsp3) is 0.500. The van der Waals surface area contributed by atoms with Crippen molar-refractivity contribution in [2.24, 2.45) is 5.92 Å². The number of thiophene rings is 1. The summed E-state index contributed by atoms with van der Waals surface area (Å²) in [6.45, 7) is 2.55. The second-order valence-electron chi connectivity index (χ2n) is 5.22. The van der Waals surface area contributed by atoms with Gasteiger partial charge in [0.2, 0.25) is 0 Å². The average molecular weight is 328 g/mol. The molecule has 1 unspecified atom stereocenters. The number of allylic oxidation sites excluding steroid dienone is 1. The van der Waals surface area contributed by atoms with E-state index in [1.165, 1.54) is 11.3 Å². The van der Waals surface area contributed by atoms with Crippen LogP contribution in [0, 0.1) is 5.92 Å².